The highest BCUT2D eigenvalue weighted by Gasteiger charge is 2.38. The fraction of sp³-hybridized carbons (Fsp3) is 0.600. The highest BCUT2D eigenvalue weighted by molar-refractivity contribution is 6.48. The number of hydrogen-bond acceptors (Lipinski definition) is 2. The quantitative estimate of drug-likeness (QED) is 0.574. The number of rotatable bonds is 3. The van der Waals surface area contributed by atoms with Gasteiger partial charge in [-0.2, -0.15) is 0 Å². The van der Waals surface area contributed by atoms with Crippen LogP contribution < -0.4 is 0 Å². The van der Waals surface area contributed by atoms with Crippen LogP contribution in [0.2, 0.25) is 13.1 Å². The number of halogens is 1. The van der Waals surface area contributed by atoms with Crippen LogP contribution in [0, 0.1) is 23.1 Å². The van der Waals surface area contributed by atoms with E-state index in [0.717, 1.165) is 18.4 Å². The normalized spacial score (nSPS) is 23.7. The average Bonchev–Trinajstić information content (AvgIpc) is 2.93. The van der Waals surface area contributed by atoms with Gasteiger partial charge in [-0.1, -0.05) is 44.7 Å². The monoisotopic (exact) mass is 348 g/mol. The van der Waals surface area contributed by atoms with Crippen molar-refractivity contribution < 1.29 is 13.6 Å². The van der Waals surface area contributed by atoms with Gasteiger partial charge in [-0.3, -0.25) is 0 Å². The molecule has 4 heteroatoms. The van der Waals surface area contributed by atoms with E-state index in [4.69, 9.17) is 9.16 Å². The molecule has 0 bridgehead atoms. The maximum Gasteiger partial charge on any atom is 0.173 e. The molecule has 1 aliphatic rings. The van der Waals surface area contributed by atoms with Crippen molar-refractivity contribution in [3.63, 3.8) is 0 Å². The second kappa shape index (κ2) is 7.39. The SMILES string of the molecule is C[SiH](C)OC(C)(C#C[C@H]1CC[C@H](c2ccc(F)cc2)O1)C(C)(C)C. The zero-order valence-corrected chi connectivity index (χ0v) is 16.8. The van der Waals surface area contributed by atoms with Crippen LogP contribution in [0.3, 0.4) is 0 Å². The van der Waals surface area contributed by atoms with Gasteiger partial charge in [-0.05, 0) is 50.6 Å². The molecule has 1 fully saturated rings. The summed E-state index contributed by atoms with van der Waals surface area (Å²) in [6.45, 7) is 12.9. The summed E-state index contributed by atoms with van der Waals surface area (Å²) in [5.41, 5.74) is 0.488. The molecule has 0 aromatic heterocycles. The van der Waals surface area contributed by atoms with Crippen LogP contribution in [0.5, 0.6) is 0 Å². The topological polar surface area (TPSA) is 18.5 Å². The third kappa shape index (κ3) is 4.69. The van der Waals surface area contributed by atoms with Crippen molar-refractivity contribution in [1.82, 2.24) is 0 Å². The van der Waals surface area contributed by atoms with E-state index in [0.29, 0.717) is 0 Å². The summed E-state index contributed by atoms with van der Waals surface area (Å²) in [5, 5.41) is 0. The molecule has 1 aromatic carbocycles. The van der Waals surface area contributed by atoms with Crippen LogP contribution in [0.4, 0.5) is 4.39 Å². The summed E-state index contributed by atoms with van der Waals surface area (Å²) in [7, 11) is -1.21. The van der Waals surface area contributed by atoms with Gasteiger partial charge in [0.2, 0.25) is 0 Å². The fourth-order valence-corrected chi connectivity index (χ4v) is 4.10. The van der Waals surface area contributed by atoms with E-state index in [1.165, 1.54) is 12.1 Å². The Morgan fingerprint density at radius 3 is 2.29 bits per heavy atom. The van der Waals surface area contributed by atoms with Crippen molar-refractivity contribution in [2.75, 3.05) is 0 Å². The number of ether oxygens (including phenoxy) is 1. The minimum absolute atomic E-state index is 0.00573. The molecule has 1 saturated heterocycles. The van der Waals surface area contributed by atoms with Crippen LogP contribution in [-0.4, -0.2) is 20.7 Å². The van der Waals surface area contributed by atoms with E-state index in [9.17, 15) is 4.39 Å². The molecular weight excluding hydrogens is 319 g/mol. The highest BCUT2D eigenvalue weighted by atomic mass is 28.3. The van der Waals surface area contributed by atoms with Crippen molar-refractivity contribution in [1.29, 1.82) is 0 Å². The van der Waals surface area contributed by atoms with Crippen LogP contribution in [0.25, 0.3) is 0 Å². The molecule has 0 aliphatic carbocycles. The molecule has 24 heavy (non-hydrogen) atoms. The molecule has 0 amide bonds. The maximum absolute atomic E-state index is 13.0. The van der Waals surface area contributed by atoms with Gasteiger partial charge < -0.3 is 9.16 Å². The van der Waals surface area contributed by atoms with E-state index >= 15 is 0 Å². The lowest BCUT2D eigenvalue weighted by atomic mass is 9.78. The molecule has 1 unspecified atom stereocenters. The van der Waals surface area contributed by atoms with Crippen molar-refractivity contribution >= 4 is 9.04 Å². The molecule has 0 radical (unpaired) electrons. The van der Waals surface area contributed by atoms with E-state index in [-0.39, 0.29) is 23.4 Å². The summed E-state index contributed by atoms with van der Waals surface area (Å²) in [5.74, 6) is 6.45. The fourth-order valence-electron chi connectivity index (χ4n) is 2.75. The Morgan fingerprint density at radius 2 is 1.75 bits per heavy atom. The summed E-state index contributed by atoms with van der Waals surface area (Å²) >= 11 is 0. The van der Waals surface area contributed by atoms with Crippen LogP contribution in [0.15, 0.2) is 24.3 Å². The maximum atomic E-state index is 13.0. The molecule has 0 saturated carbocycles. The minimum Gasteiger partial charge on any atom is -0.404 e. The summed E-state index contributed by atoms with van der Waals surface area (Å²) in [4.78, 5) is 0. The Balaban J connectivity index is 2.09. The van der Waals surface area contributed by atoms with E-state index in [1.54, 1.807) is 12.1 Å². The first kappa shape index (κ1) is 19.2. The first-order valence-electron chi connectivity index (χ1n) is 8.72. The van der Waals surface area contributed by atoms with E-state index in [1.807, 2.05) is 0 Å². The third-order valence-corrected chi connectivity index (χ3v) is 5.58. The molecule has 1 aliphatic heterocycles. The number of benzene rings is 1. The minimum atomic E-state index is -1.21. The Labute approximate surface area is 147 Å². The molecule has 0 N–H and O–H groups in total. The van der Waals surface area contributed by atoms with E-state index in [2.05, 4.69) is 52.6 Å². The lowest BCUT2D eigenvalue weighted by molar-refractivity contribution is 0.0349. The lowest BCUT2D eigenvalue weighted by Gasteiger charge is -2.39. The molecule has 132 valence electrons. The van der Waals surface area contributed by atoms with Gasteiger partial charge in [0.15, 0.2) is 9.04 Å². The summed E-state index contributed by atoms with van der Waals surface area (Å²) < 4.78 is 25.4. The van der Waals surface area contributed by atoms with Crippen LogP contribution in [-0.2, 0) is 9.16 Å². The second-order valence-corrected chi connectivity index (χ2v) is 10.3. The molecule has 2 nitrogen and oxygen atoms in total. The molecular formula is C20H29FO2Si. The second-order valence-electron chi connectivity index (χ2n) is 7.96. The summed E-state index contributed by atoms with van der Waals surface area (Å²) in [6.07, 6.45) is 1.73. The van der Waals surface area contributed by atoms with Crippen molar-refractivity contribution in [2.24, 2.45) is 5.41 Å². The standard InChI is InChI=1S/C20H29FO2Si/c1-19(2,3)20(4,23-24(5)6)14-13-17-11-12-18(22-17)15-7-9-16(21)10-8-15/h7-10,17-18,24H,11-12H2,1-6H3/t17-,18-,20?/m1/s1. The predicted octanol–water partition coefficient (Wildman–Crippen LogP) is 4.85. The van der Waals surface area contributed by atoms with Gasteiger partial charge >= 0.3 is 0 Å². The molecule has 0 spiro atoms. The lowest BCUT2D eigenvalue weighted by Crippen LogP contribution is -2.44. The third-order valence-electron chi connectivity index (χ3n) is 4.64. The van der Waals surface area contributed by atoms with Crippen molar-refractivity contribution in [3.8, 4) is 11.8 Å². The molecule has 1 aromatic rings. The van der Waals surface area contributed by atoms with Crippen molar-refractivity contribution in [3.05, 3.63) is 35.6 Å². The van der Waals surface area contributed by atoms with Gasteiger partial charge in [0.1, 0.15) is 17.5 Å². The Hall–Kier alpha value is -1.15. The first-order chi connectivity index (χ1) is 11.1. The van der Waals surface area contributed by atoms with Gasteiger partial charge in [0.25, 0.3) is 0 Å². The van der Waals surface area contributed by atoms with Gasteiger partial charge in [0.05, 0.1) is 6.10 Å². The Kier molecular flexibility index (Phi) is 5.90. The Morgan fingerprint density at radius 1 is 1.12 bits per heavy atom. The zero-order chi connectivity index (χ0) is 18.0. The summed E-state index contributed by atoms with van der Waals surface area (Å²) in [6, 6.07) is 6.55. The smallest absolute Gasteiger partial charge is 0.173 e. The largest absolute Gasteiger partial charge is 0.404 e. The zero-order valence-electron chi connectivity index (χ0n) is 15.7. The van der Waals surface area contributed by atoms with Crippen LogP contribution in [0.1, 0.15) is 52.2 Å². The predicted molar refractivity (Wildman–Crippen MR) is 98.8 cm³/mol. The van der Waals surface area contributed by atoms with Crippen molar-refractivity contribution in [2.45, 2.75) is 71.4 Å². The van der Waals surface area contributed by atoms with Gasteiger partial charge in [0, 0.05) is 5.41 Å². The Bertz CT molecular complexity index is 609. The number of hydrogen-bond donors (Lipinski definition) is 0. The van der Waals surface area contributed by atoms with Gasteiger partial charge in [-0.15, -0.1) is 0 Å². The first-order valence-corrected chi connectivity index (χ1v) is 11.5. The highest BCUT2D eigenvalue weighted by Crippen LogP contribution is 2.35. The van der Waals surface area contributed by atoms with E-state index < -0.39 is 14.6 Å². The average molecular weight is 349 g/mol. The molecule has 2 rings (SSSR count). The van der Waals surface area contributed by atoms with Gasteiger partial charge in [-0.25, -0.2) is 4.39 Å². The molecule has 1 heterocycles. The van der Waals surface area contributed by atoms with Crippen LogP contribution >= 0.6 is 0 Å². The molecule has 3 atom stereocenters.